The molecule has 1 N–H and O–H groups in total. The first-order valence-electron chi connectivity index (χ1n) is 16.3. The minimum Gasteiger partial charge on any atom is -1.00 e. The first kappa shape index (κ1) is 39.9. The molecular formula is C44H39BrMgN4O2. The Hall–Kier alpha value is -4.86. The van der Waals surface area contributed by atoms with Gasteiger partial charge in [-0.25, -0.2) is 9.36 Å². The Morgan fingerprint density at radius 3 is 1.54 bits per heavy atom. The summed E-state index contributed by atoms with van der Waals surface area (Å²) in [4.78, 5) is 12.4. The van der Waals surface area contributed by atoms with Crippen LogP contribution in [-0.2, 0) is 18.4 Å². The predicted molar refractivity (Wildman–Crippen MR) is 209 cm³/mol. The summed E-state index contributed by atoms with van der Waals surface area (Å²) < 4.78 is 3.85. The number of Topliss-reactive ketones (excluding diaryl/α,β-unsaturated/α-hetero) is 1. The SMILES string of the molecule is CC(O)(Cc1ccc2c(cnn2-c2ccccc2)c1)c1ccccc1.O=C(Cc1ccc2c(cnn2-c2ccccc2)c1)c1ccccc1.[Br-].[CH3-].[Mg+2]. The van der Waals surface area contributed by atoms with Crippen LogP contribution in [0.15, 0.2) is 170 Å². The molecule has 0 bridgehead atoms. The summed E-state index contributed by atoms with van der Waals surface area (Å²) in [6, 6.07) is 51.7. The normalized spacial score (nSPS) is 11.6. The van der Waals surface area contributed by atoms with Crippen LogP contribution in [-0.4, -0.2) is 53.5 Å². The first-order chi connectivity index (χ1) is 23.9. The van der Waals surface area contributed by atoms with Crippen LogP contribution in [0.5, 0.6) is 0 Å². The van der Waals surface area contributed by atoms with Gasteiger partial charge >= 0.3 is 23.1 Å². The van der Waals surface area contributed by atoms with Crippen molar-refractivity contribution in [1.29, 1.82) is 0 Å². The molecule has 0 aliphatic rings. The largest absolute Gasteiger partial charge is 2.00 e. The quantitative estimate of drug-likeness (QED) is 0.117. The van der Waals surface area contributed by atoms with Crippen LogP contribution in [0, 0.1) is 7.43 Å². The number of hydrogen-bond donors (Lipinski definition) is 1. The molecule has 256 valence electrons. The van der Waals surface area contributed by atoms with Crippen molar-refractivity contribution in [3.8, 4) is 11.4 Å². The molecule has 0 fully saturated rings. The van der Waals surface area contributed by atoms with E-state index in [0.29, 0.717) is 12.8 Å². The van der Waals surface area contributed by atoms with Crippen molar-refractivity contribution in [3.63, 3.8) is 0 Å². The molecule has 1 atom stereocenters. The number of carbonyl (C=O) groups is 1. The summed E-state index contributed by atoms with van der Waals surface area (Å²) in [7, 11) is 0. The van der Waals surface area contributed by atoms with Gasteiger partial charge in [-0.05, 0) is 72.1 Å². The Balaban J connectivity index is 0.000000220. The van der Waals surface area contributed by atoms with E-state index in [4.69, 9.17) is 0 Å². The maximum atomic E-state index is 12.4. The molecular weight excluding hydrogens is 721 g/mol. The molecule has 0 aliphatic heterocycles. The number of aromatic nitrogens is 4. The van der Waals surface area contributed by atoms with Gasteiger partial charge in [-0.15, -0.1) is 0 Å². The topological polar surface area (TPSA) is 72.9 Å². The van der Waals surface area contributed by atoms with E-state index in [0.717, 1.165) is 55.4 Å². The van der Waals surface area contributed by atoms with E-state index in [1.165, 1.54) is 0 Å². The standard InChI is InChI=1S/C22H20N2O.C21H16N2O.CH3.BrH.Mg/c1-22(25,19-8-4-2-5-9-19)15-17-12-13-21-18(14-17)16-23-24(21)20-10-6-3-7-11-20;24-21(17-7-3-1-4-8-17)14-16-11-12-20-18(13-16)15-22-23(20)19-9-5-2-6-10-19;;;/h2-14,16,25H,15H2,1H3;1-13,15H,14H2;1H3;1H;/q;;-1;;+2/p-1. The monoisotopic (exact) mass is 758 g/mol. The van der Waals surface area contributed by atoms with Crippen molar-refractivity contribution < 1.29 is 26.9 Å². The van der Waals surface area contributed by atoms with Crippen LogP contribution in [0.1, 0.15) is 34.0 Å². The number of hydrogen-bond acceptors (Lipinski definition) is 4. The minimum absolute atomic E-state index is 0. The van der Waals surface area contributed by atoms with E-state index in [9.17, 15) is 9.90 Å². The van der Waals surface area contributed by atoms with Gasteiger partial charge in [0.2, 0.25) is 0 Å². The first-order valence-corrected chi connectivity index (χ1v) is 16.3. The molecule has 1 unspecified atom stereocenters. The zero-order chi connectivity index (χ0) is 33.6. The summed E-state index contributed by atoms with van der Waals surface area (Å²) in [5.41, 5.74) is 7.05. The molecule has 8 aromatic rings. The number of nitrogens with zero attached hydrogens (tertiary/aromatic N) is 4. The van der Waals surface area contributed by atoms with Crippen molar-refractivity contribution in [2.75, 3.05) is 0 Å². The Morgan fingerprint density at radius 2 is 1.04 bits per heavy atom. The molecule has 0 radical (unpaired) electrons. The van der Waals surface area contributed by atoms with Gasteiger partial charge in [-0.3, -0.25) is 4.79 Å². The van der Waals surface area contributed by atoms with Crippen LogP contribution in [0.2, 0.25) is 0 Å². The Morgan fingerprint density at radius 1 is 0.615 bits per heavy atom. The Kier molecular flexibility index (Phi) is 13.9. The average Bonchev–Trinajstić information content (AvgIpc) is 3.77. The van der Waals surface area contributed by atoms with Crippen LogP contribution >= 0.6 is 0 Å². The molecule has 0 saturated heterocycles. The van der Waals surface area contributed by atoms with E-state index < -0.39 is 5.60 Å². The van der Waals surface area contributed by atoms with E-state index >= 15 is 0 Å². The van der Waals surface area contributed by atoms with Gasteiger partial charge in [0.25, 0.3) is 0 Å². The second kappa shape index (κ2) is 18.1. The fourth-order valence-corrected chi connectivity index (χ4v) is 6.14. The van der Waals surface area contributed by atoms with Gasteiger partial charge in [0.1, 0.15) is 0 Å². The van der Waals surface area contributed by atoms with Gasteiger partial charge in [-0.2, -0.15) is 10.2 Å². The third-order valence-electron chi connectivity index (χ3n) is 8.67. The molecule has 8 heteroatoms. The van der Waals surface area contributed by atoms with Crippen molar-refractivity contribution in [1.82, 2.24) is 19.6 Å². The van der Waals surface area contributed by atoms with Gasteiger partial charge in [0, 0.05) is 29.2 Å². The summed E-state index contributed by atoms with van der Waals surface area (Å²) in [5, 5.41) is 22.0. The summed E-state index contributed by atoms with van der Waals surface area (Å²) in [6.45, 7) is 1.86. The second-order valence-corrected chi connectivity index (χ2v) is 12.4. The molecule has 0 aliphatic carbocycles. The third kappa shape index (κ3) is 9.13. The van der Waals surface area contributed by atoms with Crippen LogP contribution in [0.3, 0.4) is 0 Å². The molecule has 2 heterocycles. The third-order valence-corrected chi connectivity index (χ3v) is 8.67. The van der Waals surface area contributed by atoms with Crippen LogP contribution in [0.25, 0.3) is 33.2 Å². The number of rotatable bonds is 8. The predicted octanol–water partition coefficient (Wildman–Crippen LogP) is 6.00. The number of aliphatic hydroxyl groups is 1. The Labute approximate surface area is 331 Å². The second-order valence-electron chi connectivity index (χ2n) is 12.4. The Bertz CT molecular complexity index is 2330. The average molecular weight is 760 g/mol. The molecule has 2 aromatic heterocycles. The summed E-state index contributed by atoms with van der Waals surface area (Å²) in [6.07, 6.45) is 4.68. The zero-order valence-corrected chi connectivity index (χ0v) is 32.3. The van der Waals surface area contributed by atoms with Crippen molar-refractivity contribution in [2.45, 2.75) is 25.4 Å². The smallest absolute Gasteiger partial charge is 1.00 e. The number of fused-ring (bicyclic) bond motifs is 2. The van der Waals surface area contributed by atoms with E-state index in [2.05, 4.69) is 28.4 Å². The molecule has 0 amide bonds. The number of ketones is 1. The van der Waals surface area contributed by atoms with Gasteiger partial charge < -0.3 is 29.5 Å². The number of carbonyl (C=O) groups excluding carboxylic acids is 1. The minimum atomic E-state index is -0.898. The maximum Gasteiger partial charge on any atom is 2.00 e. The van der Waals surface area contributed by atoms with Gasteiger partial charge in [0.05, 0.1) is 40.4 Å². The summed E-state index contributed by atoms with van der Waals surface area (Å²) >= 11 is 0. The molecule has 0 saturated carbocycles. The fraction of sp³-hybridized carbons (Fsp3) is 0.0909. The molecule has 6 aromatic carbocycles. The van der Waals surface area contributed by atoms with Crippen molar-refractivity contribution >= 4 is 50.6 Å². The van der Waals surface area contributed by atoms with E-state index in [1.54, 1.807) is 0 Å². The zero-order valence-electron chi connectivity index (χ0n) is 29.3. The molecule has 0 spiro atoms. The fourth-order valence-electron chi connectivity index (χ4n) is 6.14. The van der Waals surface area contributed by atoms with E-state index in [1.807, 2.05) is 168 Å². The molecule has 6 nitrogen and oxygen atoms in total. The van der Waals surface area contributed by atoms with E-state index in [-0.39, 0.29) is 53.2 Å². The van der Waals surface area contributed by atoms with Crippen LogP contribution in [0.4, 0.5) is 0 Å². The summed E-state index contributed by atoms with van der Waals surface area (Å²) in [5.74, 6) is 0.130. The van der Waals surface area contributed by atoms with Crippen LogP contribution < -0.4 is 17.0 Å². The molecule has 8 rings (SSSR count). The van der Waals surface area contributed by atoms with Crippen molar-refractivity contribution in [2.24, 2.45) is 0 Å². The van der Waals surface area contributed by atoms with Gasteiger partial charge in [0.15, 0.2) is 5.78 Å². The van der Waals surface area contributed by atoms with Crippen molar-refractivity contribution in [3.05, 3.63) is 200 Å². The number of halogens is 1. The number of benzene rings is 6. The maximum absolute atomic E-state index is 12.4. The number of para-hydroxylation sites is 2. The van der Waals surface area contributed by atoms with Gasteiger partial charge in [-0.1, -0.05) is 109 Å². The molecule has 52 heavy (non-hydrogen) atoms.